The van der Waals surface area contributed by atoms with Gasteiger partial charge in [0.15, 0.2) is 0 Å². The molecule has 3 heterocycles. The molecule has 0 aromatic rings. The standard InChI is InChI=1S/C18H28N4O2/c1-20-16(23)6-5-15(19-20)17(24)22-10-8-18(13-22)7-2-9-21(12-18)11-14-3-4-14/h14H,2-13H2,1H3/t18-/m1/s1. The van der Waals surface area contributed by atoms with Crippen LogP contribution in [-0.2, 0) is 9.59 Å². The van der Waals surface area contributed by atoms with Crippen molar-refractivity contribution in [2.45, 2.75) is 44.9 Å². The van der Waals surface area contributed by atoms with Crippen molar-refractivity contribution in [3.8, 4) is 0 Å². The number of hydrogen-bond donors (Lipinski definition) is 0. The van der Waals surface area contributed by atoms with E-state index in [1.54, 1.807) is 7.05 Å². The molecule has 6 nitrogen and oxygen atoms in total. The van der Waals surface area contributed by atoms with Gasteiger partial charge in [-0.15, -0.1) is 0 Å². The van der Waals surface area contributed by atoms with Gasteiger partial charge in [0.05, 0.1) is 0 Å². The molecular weight excluding hydrogens is 304 g/mol. The molecule has 4 rings (SSSR count). The highest BCUT2D eigenvalue weighted by molar-refractivity contribution is 6.39. The minimum Gasteiger partial charge on any atom is -0.337 e. The molecule has 2 amide bonds. The second-order valence-corrected chi connectivity index (χ2v) is 8.22. The summed E-state index contributed by atoms with van der Waals surface area (Å²) in [5.74, 6) is 0.974. The van der Waals surface area contributed by atoms with Gasteiger partial charge in [-0.3, -0.25) is 9.59 Å². The minimum atomic E-state index is -0.00700. The first-order valence-electron chi connectivity index (χ1n) is 9.40. The van der Waals surface area contributed by atoms with E-state index in [1.165, 1.54) is 43.8 Å². The Bertz CT molecular complexity index is 571. The lowest BCUT2D eigenvalue weighted by molar-refractivity contribution is -0.130. The van der Waals surface area contributed by atoms with E-state index in [1.807, 2.05) is 4.90 Å². The molecule has 1 spiro atoms. The Labute approximate surface area is 143 Å². The van der Waals surface area contributed by atoms with Gasteiger partial charge in [-0.1, -0.05) is 0 Å². The normalized spacial score (nSPS) is 31.7. The lowest BCUT2D eigenvalue weighted by atomic mass is 9.79. The lowest BCUT2D eigenvalue weighted by Gasteiger charge is -2.40. The zero-order valence-electron chi connectivity index (χ0n) is 14.7. The van der Waals surface area contributed by atoms with Crippen LogP contribution in [0.25, 0.3) is 0 Å². The average Bonchev–Trinajstić information content (AvgIpc) is 3.29. The van der Waals surface area contributed by atoms with Gasteiger partial charge < -0.3 is 9.80 Å². The van der Waals surface area contributed by atoms with E-state index in [2.05, 4.69) is 10.0 Å². The molecule has 0 N–H and O–H groups in total. The van der Waals surface area contributed by atoms with Crippen LogP contribution in [0.5, 0.6) is 0 Å². The molecule has 3 aliphatic heterocycles. The molecule has 0 aromatic carbocycles. The number of hydrogen-bond acceptors (Lipinski definition) is 4. The number of carbonyl (C=O) groups excluding carboxylic acids is 2. The van der Waals surface area contributed by atoms with Crippen LogP contribution in [0, 0.1) is 11.3 Å². The number of amides is 2. The zero-order valence-corrected chi connectivity index (χ0v) is 14.7. The molecular formula is C18H28N4O2. The molecule has 1 aliphatic carbocycles. The Hall–Kier alpha value is -1.43. The maximum atomic E-state index is 12.8. The van der Waals surface area contributed by atoms with E-state index in [0.29, 0.717) is 24.0 Å². The fraction of sp³-hybridized carbons (Fsp3) is 0.833. The van der Waals surface area contributed by atoms with Crippen molar-refractivity contribution < 1.29 is 9.59 Å². The Morgan fingerprint density at radius 2 is 2.04 bits per heavy atom. The molecule has 2 saturated heterocycles. The van der Waals surface area contributed by atoms with E-state index in [-0.39, 0.29) is 11.8 Å². The van der Waals surface area contributed by atoms with Gasteiger partial charge in [-0.05, 0) is 44.6 Å². The predicted molar refractivity (Wildman–Crippen MR) is 91.5 cm³/mol. The van der Waals surface area contributed by atoms with E-state index in [0.717, 1.165) is 32.0 Å². The molecule has 0 unspecified atom stereocenters. The molecule has 6 heteroatoms. The summed E-state index contributed by atoms with van der Waals surface area (Å²) < 4.78 is 0. The van der Waals surface area contributed by atoms with Crippen molar-refractivity contribution in [3.63, 3.8) is 0 Å². The summed E-state index contributed by atoms with van der Waals surface area (Å²) in [5.41, 5.74) is 0.847. The number of piperidine rings is 1. The summed E-state index contributed by atoms with van der Waals surface area (Å²) in [7, 11) is 1.64. The van der Waals surface area contributed by atoms with Crippen molar-refractivity contribution in [3.05, 3.63) is 0 Å². The largest absolute Gasteiger partial charge is 0.337 e. The van der Waals surface area contributed by atoms with Crippen molar-refractivity contribution in [2.75, 3.05) is 39.8 Å². The van der Waals surface area contributed by atoms with Crippen LogP contribution < -0.4 is 0 Å². The third kappa shape index (κ3) is 3.21. The van der Waals surface area contributed by atoms with E-state index >= 15 is 0 Å². The van der Waals surface area contributed by atoms with Gasteiger partial charge in [0, 0.05) is 51.5 Å². The van der Waals surface area contributed by atoms with E-state index in [9.17, 15) is 9.59 Å². The van der Waals surface area contributed by atoms with E-state index < -0.39 is 0 Å². The van der Waals surface area contributed by atoms with Crippen molar-refractivity contribution in [1.29, 1.82) is 0 Å². The average molecular weight is 332 g/mol. The van der Waals surface area contributed by atoms with Gasteiger partial charge in [-0.25, -0.2) is 5.01 Å². The monoisotopic (exact) mass is 332 g/mol. The third-order valence-corrected chi connectivity index (χ3v) is 6.13. The van der Waals surface area contributed by atoms with Crippen molar-refractivity contribution in [2.24, 2.45) is 16.4 Å². The molecule has 24 heavy (non-hydrogen) atoms. The molecule has 0 aromatic heterocycles. The molecule has 0 radical (unpaired) electrons. The Balaban J connectivity index is 1.39. The van der Waals surface area contributed by atoms with Gasteiger partial charge in [-0.2, -0.15) is 5.10 Å². The number of likely N-dealkylation sites (tertiary alicyclic amines) is 2. The van der Waals surface area contributed by atoms with Crippen molar-refractivity contribution in [1.82, 2.24) is 14.8 Å². The lowest BCUT2D eigenvalue weighted by Crippen LogP contribution is -2.47. The molecule has 1 saturated carbocycles. The van der Waals surface area contributed by atoms with Crippen LogP contribution in [0.15, 0.2) is 5.10 Å². The predicted octanol–water partition coefficient (Wildman–Crippen LogP) is 1.32. The van der Waals surface area contributed by atoms with Crippen LogP contribution in [0.2, 0.25) is 0 Å². The van der Waals surface area contributed by atoms with E-state index in [4.69, 9.17) is 0 Å². The maximum absolute atomic E-state index is 12.8. The molecule has 3 fully saturated rings. The Morgan fingerprint density at radius 3 is 2.79 bits per heavy atom. The topological polar surface area (TPSA) is 56.2 Å². The van der Waals surface area contributed by atoms with Crippen molar-refractivity contribution >= 4 is 17.5 Å². The zero-order chi connectivity index (χ0) is 16.7. The highest BCUT2D eigenvalue weighted by atomic mass is 16.2. The van der Waals surface area contributed by atoms with Gasteiger partial charge >= 0.3 is 0 Å². The first-order chi connectivity index (χ1) is 11.5. The number of rotatable bonds is 3. The van der Waals surface area contributed by atoms with Crippen LogP contribution in [0.4, 0.5) is 0 Å². The number of carbonyl (C=O) groups is 2. The summed E-state index contributed by atoms with van der Waals surface area (Å²) in [5, 5.41) is 5.52. The maximum Gasteiger partial charge on any atom is 0.270 e. The molecule has 132 valence electrons. The first kappa shape index (κ1) is 16.1. The van der Waals surface area contributed by atoms with Crippen LogP contribution in [-0.4, -0.2) is 72.1 Å². The molecule has 0 bridgehead atoms. The molecule has 4 aliphatic rings. The number of nitrogens with zero attached hydrogens (tertiary/aromatic N) is 4. The highest BCUT2D eigenvalue weighted by Gasteiger charge is 2.44. The molecule has 1 atom stereocenters. The quantitative estimate of drug-likeness (QED) is 0.783. The summed E-state index contributed by atoms with van der Waals surface area (Å²) in [6.45, 7) is 5.34. The summed E-state index contributed by atoms with van der Waals surface area (Å²) in [6, 6.07) is 0. The van der Waals surface area contributed by atoms with Gasteiger partial charge in [0.2, 0.25) is 5.91 Å². The fourth-order valence-corrected chi connectivity index (χ4v) is 4.58. The third-order valence-electron chi connectivity index (χ3n) is 6.13. The first-order valence-corrected chi connectivity index (χ1v) is 9.40. The Morgan fingerprint density at radius 1 is 1.21 bits per heavy atom. The second-order valence-electron chi connectivity index (χ2n) is 8.22. The fourth-order valence-electron chi connectivity index (χ4n) is 4.58. The Kier molecular flexibility index (Phi) is 4.11. The minimum absolute atomic E-state index is 0.00700. The number of hydrazone groups is 1. The highest BCUT2D eigenvalue weighted by Crippen LogP contribution is 2.40. The summed E-state index contributed by atoms with van der Waals surface area (Å²) >= 11 is 0. The van der Waals surface area contributed by atoms with Crippen LogP contribution in [0.3, 0.4) is 0 Å². The van der Waals surface area contributed by atoms with Crippen LogP contribution in [0.1, 0.15) is 44.9 Å². The summed E-state index contributed by atoms with van der Waals surface area (Å²) in [4.78, 5) is 29.0. The second kappa shape index (κ2) is 6.14. The van der Waals surface area contributed by atoms with Crippen LogP contribution >= 0.6 is 0 Å². The SMILES string of the molecule is CN1N=C(C(=O)N2CC[C@@]3(CCCN(CC4CC4)C3)C2)CCC1=O. The smallest absolute Gasteiger partial charge is 0.270 e. The summed E-state index contributed by atoms with van der Waals surface area (Å²) in [6.07, 6.45) is 7.30. The van der Waals surface area contributed by atoms with Gasteiger partial charge in [0.1, 0.15) is 5.71 Å². The van der Waals surface area contributed by atoms with Gasteiger partial charge in [0.25, 0.3) is 5.91 Å².